The number of rotatable bonds is 8. The Labute approximate surface area is 281 Å². The minimum absolute atomic E-state index is 0.198. The molecule has 1 amide bonds. The Morgan fingerprint density at radius 1 is 0.979 bits per heavy atom. The molecule has 3 fully saturated rings. The van der Waals surface area contributed by atoms with E-state index in [1.165, 1.54) is 16.5 Å². The third-order valence-corrected chi connectivity index (χ3v) is 10.4. The van der Waals surface area contributed by atoms with Crippen molar-refractivity contribution in [3.63, 3.8) is 0 Å². The normalized spacial score (nSPS) is 21.4. The highest BCUT2D eigenvalue weighted by Crippen LogP contribution is 2.46. The Hall–Kier alpha value is -4.88. The SMILES string of the molecule is N#CC[C@H]1CN(c2nc(OC3([C@H]4CCCN4)CC3)nc3c2CCN(c2cccc4ccccc24)C3)CCN1C(=O)OCc1ccccc1. The second kappa shape index (κ2) is 13.0. The smallest absolute Gasteiger partial charge is 0.410 e. The van der Waals surface area contributed by atoms with Gasteiger partial charge in [0, 0.05) is 48.9 Å². The summed E-state index contributed by atoms with van der Waals surface area (Å²) in [5.41, 5.74) is 3.98. The van der Waals surface area contributed by atoms with E-state index in [0.717, 1.165) is 67.8 Å². The molecule has 0 unspecified atom stereocenters. The number of anilines is 2. The molecule has 4 aromatic rings. The fourth-order valence-corrected chi connectivity index (χ4v) is 7.72. The molecule has 2 atom stereocenters. The van der Waals surface area contributed by atoms with Crippen LogP contribution in [0.2, 0.25) is 0 Å². The molecule has 10 nitrogen and oxygen atoms in total. The summed E-state index contributed by atoms with van der Waals surface area (Å²) in [5, 5.41) is 15.9. The lowest BCUT2D eigenvalue weighted by Gasteiger charge is -2.42. The van der Waals surface area contributed by atoms with Gasteiger partial charge in [-0.25, -0.2) is 4.79 Å². The number of nitriles is 1. The maximum atomic E-state index is 13.3. The Kier molecular flexibility index (Phi) is 8.22. The van der Waals surface area contributed by atoms with Crippen LogP contribution in [0.3, 0.4) is 0 Å². The van der Waals surface area contributed by atoms with Crippen LogP contribution in [0.25, 0.3) is 10.8 Å². The minimum Gasteiger partial charge on any atom is -0.455 e. The van der Waals surface area contributed by atoms with E-state index in [9.17, 15) is 10.1 Å². The third kappa shape index (κ3) is 5.99. The Morgan fingerprint density at radius 2 is 1.81 bits per heavy atom. The lowest BCUT2D eigenvalue weighted by molar-refractivity contribution is 0.0766. The molecule has 48 heavy (non-hydrogen) atoms. The Bertz CT molecular complexity index is 1830. The van der Waals surface area contributed by atoms with Crippen molar-refractivity contribution in [2.45, 2.75) is 69.4 Å². The van der Waals surface area contributed by atoms with Gasteiger partial charge in [0.1, 0.15) is 18.0 Å². The molecule has 4 aliphatic rings. The highest BCUT2D eigenvalue weighted by atomic mass is 16.6. The predicted molar refractivity (Wildman–Crippen MR) is 184 cm³/mol. The van der Waals surface area contributed by atoms with Gasteiger partial charge >= 0.3 is 12.1 Å². The monoisotopic (exact) mass is 643 g/mol. The van der Waals surface area contributed by atoms with E-state index in [1.807, 2.05) is 30.3 Å². The van der Waals surface area contributed by atoms with Crippen LogP contribution >= 0.6 is 0 Å². The highest BCUT2D eigenvalue weighted by molar-refractivity contribution is 5.94. The van der Waals surface area contributed by atoms with Gasteiger partial charge in [0.2, 0.25) is 0 Å². The molecule has 4 heterocycles. The molecule has 1 aromatic heterocycles. The first-order valence-electron chi connectivity index (χ1n) is 17.2. The lowest BCUT2D eigenvalue weighted by Crippen LogP contribution is -2.56. The van der Waals surface area contributed by atoms with Crippen LogP contribution in [0.15, 0.2) is 72.8 Å². The summed E-state index contributed by atoms with van der Waals surface area (Å²) in [6.07, 6.45) is 4.85. The molecule has 8 rings (SSSR count). The molecule has 3 aromatic carbocycles. The largest absolute Gasteiger partial charge is 0.455 e. The molecule has 10 heteroatoms. The summed E-state index contributed by atoms with van der Waals surface area (Å²) in [6.45, 7) is 4.20. The van der Waals surface area contributed by atoms with Gasteiger partial charge in [-0.2, -0.15) is 15.2 Å². The zero-order chi connectivity index (χ0) is 32.5. The first kappa shape index (κ1) is 30.5. The fraction of sp³-hybridized carbons (Fsp3) is 0.421. The number of nitrogens with one attached hydrogen (secondary N) is 1. The van der Waals surface area contributed by atoms with E-state index in [2.05, 4.69) is 63.7 Å². The van der Waals surface area contributed by atoms with E-state index in [1.54, 1.807) is 4.90 Å². The second-order valence-electron chi connectivity index (χ2n) is 13.4. The molecule has 1 aliphatic carbocycles. The van der Waals surface area contributed by atoms with Gasteiger partial charge in [-0.3, -0.25) is 0 Å². The van der Waals surface area contributed by atoms with Crippen LogP contribution in [0.4, 0.5) is 16.3 Å². The number of aromatic nitrogens is 2. The van der Waals surface area contributed by atoms with Crippen LogP contribution in [-0.2, 0) is 24.3 Å². The molecular formula is C38H41N7O3. The van der Waals surface area contributed by atoms with Crippen molar-refractivity contribution < 1.29 is 14.3 Å². The van der Waals surface area contributed by atoms with Crippen LogP contribution in [0.5, 0.6) is 6.01 Å². The first-order valence-corrected chi connectivity index (χ1v) is 17.2. The maximum Gasteiger partial charge on any atom is 0.410 e. The van der Waals surface area contributed by atoms with Gasteiger partial charge in [-0.1, -0.05) is 66.7 Å². The van der Waals surface area contributed by atoms with E-state index >= 15 is 0 Å². The number of carbonyl (C=O) groups is 1. The minimum atomic E-state index is -0.391. The van der Waals surface area contributed by atoms with Gasteiger partial charge in [-0.05, 0) is 55.7 Å². The van der Waals surface area contributed by atoms with Crippen molar-refractivity contribution in [2.24, 2.45) is 0 Å². The topological polar surface area (TPSA) is 107 Å². The summed E-state index contributed by atoms with van der Waals surface area (Å²) in [5.74, 6) is 0.864. The molecule has 2 saturated heterocycles. The van der Waals surface area contributed by atoms with Gasteiger partial charge in [-0.15, -0.1) is 0 Å². The maximum absolute atomic E-state index is 13.3. The molecule has 3 aliphatic heterocycles. The molecule has 1 N–H and O–H groups in total. The Morgan fingerprint density at radius 3 is 2.62 bits per heavy atom. The number of carbonyl (C=O) groups excluding carboxylic acids is 1. The quantitative estimate of drug-likeness (QED) is 0.263. The summed E-state index contributed by atoms with van der Waals surface area (Å²) in [4.78, 5) is 29.8. The van der Waals surface area contributed by atoms with Crippen LogP contribution in [0, 0.1) is 11.3 Å². The van der Waals surface area contributed by atoms with Crippen LogP contribution in [-0.4, -0.2) is 71.4 Å². The van der Waals surface area contributed by atoms with Gasteiger partial charge in [0.25, 0.3) is 0 Å². The van der Waals surface area contributed by atoms with Crippen molar-refractivity contribution >= 4 is 28.4 Å². The van der Waals surface area contributed by atoms with E-state index in [0.29, 0.717) is 38.2 Å². The van der Waals surface area contributed by atoms with Crippen molar-refractivity contribution in [1.82, 2.24) is 20.2 Å². The molecule has 0 radical (unpaired) electrons. The van der Waals surface area contributed by atoms with Crippen molar-refractivity contribution in [2.75, 3.05) is 42.5 Å². The number of fused-ring (bicyclic) bond motifs is 2. The Balaban J connectivity index is 1.08. The summed E-state index contributed by atoms with van der Waals surface area (Å²) in [6, 6.07) is 27.4. The molecular weight excluding hydrogens is 602 g/mol. The zero-order valence-corrected chi connectivity index (χ0v) is 27.2. The first-order chi connectivity index (χ1) is 23.6. The summed E-state index contributed by atoms with van der Waals surface area (Å²) < 4.78 is 12.4. The van der Waals surface area contributed by atoms with Crippen LogP contribution in [0.1, 0.15) is 48.9 Å². The molecule has 246 valence electrons. The second-order valence-corrected chi connectivity index (χ2v) is 13.4. The number of piperazine rings is 1. The number of hydrogen-bond donors (Lipinski definition) is 1. The molecule has 1 saturated carbocycles. The van der Waals surface area contributed by atoms with E-state index in [-0.39, 0.29) is 24.7 Å². The zero-order valence-electron chi connectivity index (χ0n) is 27.2. The average Bonchev–Trinajstić information content (AvgIpc) is 3.68. The van der Waals surface area contributed by atoms with Crippen molar-refractivity contribution in [3.05, 3.63) is 89.6 Å². The van der Waals surface area contributed by atoms with E-state index < -0.39 is 6.09 Å². The molecule has 0 bridgehead atoms. The predicted octanol–water partition coefficient (Wildman–Crippen LogP) is 5.60. The standard InChI is InChI=1S/C38H41N7O3/c39-19-15-29-24-44(22-23-45(29)37(46)47-26-27-8-2-1-3-9-27)35-31-16-21-43(33-13-6-11-28-10-4-5-12-30(28)33)25-32(31)41-36(42-35)48-38(17-18-38)34-14-7-20-40-34/h1-6,8-13,29,34,40H,7,14-18,20-26H2/t29-,34+/m0/s1. The third-order valence-electron chi connectivity index (χ3n) is 10.4. The average molecular weight is 644 g/mol. The summed E-state index contributed by atoms with van der Waals surface area (Å²) in [7, 11) is 0. The van der Waals surface area contributed by atoms with Gasteiger partial charge < -0.3 is 29.5 Å². The number of ether oxygens (including phenoxy) is 2. The van der Waals surface area contributed by atoms with Crippen molar-refractivity contribution in [1.29, 1.82) is 5.26 Å². The van der Waals surface area contributed by atoms with Gasteiger partial charge in [0.15, 0.2) is 0 Å². The van der Waals surface area contributed by atoms with Crippen LogP contribution < -0.4 is 19.9 Å². The summed E-state index contributed by atoms with van der Waals surface area (Å²) >= 11 is 0. The number of nitrogens with zero attached hydrogens (tertiary/aromatic N) is 6. The van der Waals surface area contributed by atoms with Gasteiger partial charge in [0.05, 0.1) is 30.8 Å². The number of hydrogen-bond acceptors (Lipinski definition) is 9. The lowest BCUT2D eigenvalue weighted by atomic mass is 10.0. The number of benzene rings is 3. The molecule has 0 spiro atoms. The highest BCUT2D eigenvalue weighted by Gasteiger charge is 2.53. The fourth-order valence-electron chi connectivity index (χ4n) is 7.72. The number of amides is 1. The van der Waals surface area contributed by atoms with E-state index in [4.69, 9.17) is 19.4 Å². The van der Waals surface area contributed by atoms with Crippen molar-refractivity contribution in [3.8, 4) is 12.1 Å².